The van der Waals surface area contributed by atoms with E-state index in [0.29, 0.717) is 0 Å². The molecule has 7 aromatic carbocycles. The number of rotatable bonds is 3. The maximum absolute atomic E-state index is 5.34. The fourth-order valence-electron chi connectivity index (χ4n) is 6.84. The summed E-state index contributed by atoms with van der Waals surface area (Å²) in [6.45, 7) is 0. The molecule has 0 bridgehead atoms. The summed E-state index contributed by atoms with van der Waals surface area (Å²) in [4.78, 5) is 6.43. The SMILES string of the molecule is c1ccc(-c2c3ccccc3c(-c3cccc(-c4nc5sc6ccccc6c5c5ccccc45)c3)c3ccccc23)cc1. The van der Waals surface area contributed by atoms with Gasteiger partial charge in [0.05, 0.1) is 5.69 Å². The van der Waals surface area contributed by atoms with Gasteiger partial charge in [0.2, 0.25) is 0 Å². The van der Waals surface area contributed by atoms with Crippen LogP contribution < -0.4 is 0 Å². The minimum Gasteiger partial charge on any atom is -0.236 e. The summed E-state index contributed by atoms with van der Waals surface area (Å²) in [5, 5.41) is 10.0. The third kappa shape index (κ3) is 3.74. The second kappa shape index (κ2) is 9.62. The van der Waals surface area contributed by atoms with Crippen LogP contribution >= 0.6 is 11.3 Å². The average Bonchev–Trinajstić information content (AvgIpc) is 3.46. The van der Waals surface area contributed by atoms with Crippen molar-refractivity contribution in [1.82, 2.24) is 4.98 Å². The Morgan fingerprint density at radius 2 is 0.860 bits per heavy atom. The van der Waals surface area contributed by atoms with Gasteiger partial charge in [-0.3, -0.25) is 0 Å². The zero-order valence-corrected chi connectivity index (χ0v) is 24.1. The number of aromatic nitrogens is 1. The summed E-state index contributed by atoms with van der Waals surface area (Å²) in [6, 6.07) is 54.8. The molecule has 43 heavy (non-hydrogen) atoms. The van der Waals surface area contributed by atoms with Crippen molar-refractivity contribution in [2.45, 2.75) is 0 Å². The van der Waals surface area contributed by atoms with Crippen LogP contribution in [0.1, 0.15) is 0 Å². The molecular formula is C41H25NS. The molecule has 2 heteroatoms. The van der Waals surface area contributed by atoms with Crippen molar-refractivity contribution in [1.29, 1.82) is 0 Å². The number of hydrogen-bond donors (Lipinski definition) is 0. The highest BCUT2D eigenvalue weighted by Crippen LogP contribution is 2.45. The minimum atomic E-state index is 1.03. The number of nitrogens with zero attached hydrogens (tertiary/aromatic N) is 1. The van der Waals surface area contributed by atoms with E-state index in [1.165, 1.54) is 70.0 Å². The van der Waals surface area contributed by atoms with Gasteiger partial charge in [-0.1, -0.05) is 140 Å². The molecule has 2 aromatic heterocycles. The molecule has 0 aliphatic carbocycles. The molecule has 2 heterocycles. The van der Waals surface area contributed by atoms with Crippen LogP contribution in [0.2, 0.25) is 0 Å². The van der Waals surface area contributed by atoms with Crippen LogP contribution in [0.4, 0.5) is 0 Å². The van der Waals surface area contributed by atoms with Crippen molar-refractivity contribution in [3.63, 3.8) is 0 Å². The van der Waals surface area contributed by atoms with Crippen LogP contribution in [0.3, 0.4) is 0 Å². The average molecular weight is 564 g/mol. The van der Waals surface area contributed by atoms with Crippen LogP contribution in [0.25, 0.3) is 86.1 Å². The maximum atomic E-state index is 5.34. The smallest absolute Gasteiger partial charge is 0.125 e. The quantitative estimate of drug-likeness (QED) is 0.195. The van der Waals surface area contributed by atoms with Crippen LogP contribution in [0.5, 0.6) is 0 Å². The van der Waals surface area contributed by atoms with Gasteiger partial charge in [0.25, 0.3) is 0 Å². The van der Waals surface area contributed by atoms with Crippen LogP contribution in [-0.4, -0.2) is 4.98 Å². The van der Waals surface area contributed by atoms with E-state index in [-0.39, 0.29) is 0 Å². The summed E-state index contributed by atoms with van der Waals surface area (Å²) in [6.07, 6.45) is 0. The molecule has 0 amide bonds. The molecular weight excluding hydrogens is 539 g/mol. The Morgan fingerprint density at radius 1 is 0.372 bits per heavy atom. The first kappa shape index (κ1) is 24.3. The Kier molecular flexibility index (Phi) is 5.44. The van der Waals surface area contributed by atoms with Gasteiger partial charge in [0, 0.05) is 26.4 Å². The van der Waals surface area contributed by atoms with E-state index in [9.17, 15) is 0 Å². The highest BCUT2D eigenvalue weighted by molar-refractivity contribution is 7.25. The van der Waals surface area contributed by atoms with Crippen LogP contribution in [-0.2, 0) is 0 Å². The van der Waals surface area contributed by atoms with Crippen molar-refractivity contribution < 1.29 is 0 Å². The lowest BCUT2D eigenvalue weighted by Crippen LogP contribution is -1.92. The van der Waals surface area contributed by atoms with Crippen LogP contribution in [0.15, 0.2) is 152 Å². The summed E-state index contributed by atoms with van der Waals surface area (Å²) >= 11 is 1.78. The lowest BCUT2D eigenvalue weighted by molar-refractivity contribution is 1.46. The first-order chi connectivity index (χ1) is 21.3. The molecule has 1 nitrogen and oxygen atoms in total. The monoisotopic (exact) mass is 563 g/mol. The fraction of sp³-hybridized carbons (Fsp3) is 0. The summed E-state index contributed by atoms with van der Waals surface area (Å²) in [5.41, 5.74) is 7.16. The van der Waals surface area contributed by atoms with E-state index < -0.39 is 0 Å². The zero-order valence-electron chi connectivity index (χ0n) is 23.3. The number of hydrogen-bond acceptors (Lipinski definition) is 2. The van der Waals surface area contributed by atoms with Crippen LogP contribution in [0, 0.1) is 0 Å². The van der Waals surface area contributed by atoms with Gasteiger partial charge < -0.3 is 0 Å². The molecule has 9 aromatic rings. The summed E-state index contributed by atoms with van der Waals surface area (Å²) in [7, 11) is 0. The minimum absolute atomic E-state index is 1.03. The normalized spacial score (nSPS) is 11.7. The highest BCUT2D eigenvalue weighted by Gasteiger charge is 2.18. The molecule has 0 radical (unpaired) electrons. The lowest BCUT2D eigenvalue weighted by atomic mass is 9.85. The van der Waals surface area contributed by atoms with E-state index in [4.69, 9.17) is 4.98 Å². The lowest BCUT2D eigenvalue weighted by Gasteiger charge is -2.18. The molecule has 0 fully saturated rings. The molecule has 9 rings (SSSR count). The maximum Gasteiger partial charge on any atom is 0.125 e. The Morgan fingerprint density at radius 3 is 1.53 bits per heavy atom. The Balaban J connectivity index is 1.34. The topological polar surface area (TPSA) is 12.9 Å². The van der Waals surface area contributed by atoms with E-state index in [0.717, 1.165) is 16.1 Å². The first-order valence-corrected chi connectivity index (χ1v) is 15.5. The molecule has 0 saturated heterocycles. The Labute approximate surface area is 253 Å². The highest BCUT2D eigenvalue weighted by atomic mass is 32.1. The zero-order chi connectivity index (χ0) is 28.3. The second-order valence-corrected chi connectivity index (χ2v) is 12.1. The summed E-state index contributed by atoms with van der Waals surface area (Å²) < 4.78 is 1.28. The number of benzene rings is 7. The van der Waals surface area contributed by atoms with E-state index in [1.54, 1.807) is 11.3 Å². The molecule has 200 valence electrons. The largest absolute Gasteiger partial charge is 0.236 e. The van der Waals surface area contributed by atoms with E-state index in [2.05, 4.69) is 152 Å². The van der Waals surface area contributed by atoms with E-state index in [1.807, 2.05) is 0 Å². The first-order valence-electron chi connectivity index (χ1n) is 14.6. The van der Waals surface area contributed by atoms with Gasteiger partial charge in [-0.2, -0.15) is 0 Å². The van der Waals surface area contributed by atoms with Gasteiger partial charge in [-0.25, -0.2) is 4.98 Å². The molecule has 0 N–H and O–H groups in total. The number of fused-ring (bicyclic) bond motifs is 7. The molecule has 0 aliphatic rings. The standard InChI is InChI=1S/C41H25NS/c1-2-13-26(14-3-1)37-29-17-4-6-19-31(29)38(32-20-7-5-18-30(32)37)27-15-12-16-28(25-27)40-34-22-9-8-21-33(34)39-35-23-10-11-24-36(35)43-41(39)42-40/h1-25H. The number of pyridine rings is 1. The van der Waals surface area contributed by atoms with Crippen molar-refractivity contribution >= 4 is 64.0 Å². The van der Waals surface area contributed by atoms with E-state index >= 15 is 0 Å². The molecule has 0 spiro atoms. The van der Waals surface area contributed by atoms with Gasteiger partial charge >= 0.3 is 0 Å². The fourth-order valence-corrected chi connectivity index (χ4v) is 7.93. The third-order valence-corrected chi connectivity index (χ3v) is 9.73. The Hall–Kier alpha value is -5.31. The molecule has 0 aliphatic heterocycles. The Bertz CT molecular complexity index is 2450. The second-order valence-electron chi connectivity index (χ2n) is 11.1. The van der Waals surface area contributed by atoms with Crippen molar-refractivity contribution in [2.75, 3.05) is 0 Å². The molecule has 0 unspecified atom stereocenters. The van der Waals surface area contributed by atoms with Crippen molar-refractivity contribution in [2.24, 2.45) is 0 Å². The number of thiophene rings is 1. The van der Waals surface area contributed by atoms with Gasteiger partial charge in [-0.05, 0) is 61.3 Å². The predicted octanol–water partition coefficient (Wildman–Crippen LogP) is 11.9. The third-order valence-electron chi connectivity index (χ3n) is 8.66. The van der Waals surface area contributed by atoms with Crippen molar-refractivity contribution in [3.8, 4) is 33.5 Å². The van der Waals surface area contributed by atoms with Gasteiger partial charge in [-0.15, -0.1) is 11.3 Å². The predicted molar refractivity (Wildman–Crippen MR) is 186 cm³/mol. The van der Waals surface area contributed by atoms with Gasteiger partial charge in [0.15, 0.2) is 0 Å². The molecule has 0 saturated carbocycles. The summed E-state index contributed by atoms with van der Waals surface area (Å²) in [5.74, 6) is 0. The van der Waals surface area contributed by atoms with Crippen molar-refractivity contribution in [3.05, 3.63) is 152 Å². The van der Waals surface area contributed by atoms with Gasteiger partial charge in [0.1, 0.15) is 4.83 Å². The molecule has 0 atom stereocenters.